The van der Waals surface area contributed by atoms with Crippen LogP contribution in [-0.2, 0) is 6.54 Å². The van der Waals surface area contributed by atoms with Crippen LogP contribution in [0.1, 0.15) is 18.5 Å². The van der Waals surface area contributed by atoms with Crippen LogP contribution in [0.15, 0.2) is 18.2 Å². The highest BCUT2D eigenvalue weighted by Gasteiger charge is 2.18. The molecule has 0 amide bonds. The predicted molar refractivity (Wildman–Crippen MR) is 67.2 cm³/mol. The normalized spacial score (nSPS) is 20.2. The first-order chi connectivity index (χ1) is 8.25. The Morgan fingerprint density at radius 1 is 1.53 bits per heavy atom. The molecule has 2 heterocycles. The molecule has 0 spiro atoms. The molecule has 0 saturated carbocycles. The topological polar surface area (TPSA) is 50.1 Å². The molecule has 1 atom stereocenters. The van der Waals surface area contributed by atoms with Crippen molar-refractivity contribution in [3.63, 3.8) is 0 Å². The van der Waals surface area contributed by atoms with Crippen molar-refractivity contribution >= 4 is 10.9 Å². The van der Waals surface area contributed by atoms with Gasteiger partial charge in [0.2, 0.25) is 0 Å². The summed E-state index contributed by atoms with van der Waals surface area (Å²) in [5.41, 5.74) is 1.84. The van der Waals surface area contributed by atoms with E-state index in [0.717, 1.165) is 29.7 Å². The van der Waals surface area contributed by atoms with Crippen LogP contribution in [-0.4, -0.2) is 27.5 Å². The van der Waals surface area contributed by atoms with Gasteiger partial charge in [0.15, 0.2) is 0 Å². The fourth-order valence-electron chi connectivity index (χ4n) is 2.63. The van der Waals surface area contributed by atoms with Crippen LogP contribution < -0.4 is 5.32 Å². The lowest BCUT2D eigenvalue weighted by Gasteiger charge is -2.11. The van der Waals surface area contributed by atoms with Crippen LogP contribution in [0.4, 0.5) is 0 Å². The molecule has 90 valence electrons. The van der Waals surface area contributed by atoms with Crippen LogP contribution in [0.5, 0.6) is 5.75 Å². The molecule has 1 aliphatic rings. The number of benzene rings is 1. The monoisotopic (exact) mass is 231 g/mol. The number of aromatic nitrogens is 2. The van der Waals surface area contributed by atoms with Crippen LogP contribution in [0.25, 0.3) is 10.9 Å². The summed E-state index contributed by atoms with van der Waals surface area (Å²) < 4.78 is 1.93. The van der Waals surface area contributed by atoms with E-state index < -0.39 is 0 Å². The molecular weight excluding hydrogens is 214 g/mol. The number of nitrogens with zero attached hydrogens (tertiary/aromatic N) is 2. The standard InChI is InChI=1S/C13H17N3O/c1-9-11-5-2-6-12(17)13(11)16(15-9)8-10-4-3-7-14-10/h2,5-6,10,14,17H,3-4,7-8H2,1H3. The minimum atomic E-state index is 0.320. The molecule has 17 heavy (non-hydrogen) atoms. The van der Waals surface area contributed by atoms with Crippen LogP contribution in [0.2, 0.25) is 0 Å². The second-order valence-electron chi connectivity index (χ2n) is 4.73. The van der Waals surface area contributed by atoms with Gasteiger partial charge in [0.1, 0.15) is 11.3 Å². The number of aryl methyl sites for hydroxylation is 1. The molecule has 4 nitrogen and oxygen atoms in total. The quantitative estimate of drug-likeness (QED) is 0.828. The number of aromatic hydroxyl groups is 1. The van der Waals surface area contributed by atoms with E-state index in [0.29, 0.717) is 11.8 Å². The van der Waals surface area contributed by atoms with Crippen molar-refractivity contribution < 1.29 is 5.11 Å². The Bertz CT molecular complexity index is 541. The summed E-state index contributed by atoms with van der Waals surface area (Å²) in [5, 5.41) is 19.0. The summed E-state index contributed by atoms with van der Waals surface area (Å²) >= 11 is 0. The summed E-state index contributed by atoms with van der Waals surface area (Å²) in [5.74, 6) is 0.320. The van der Waals surface area contributed by atoms with E-state index in [1.807, 2.05) is 23.7 Å². The zero-order chi connectivity index (χ0) is 11.8. The van der Waals surface area contributed by atoms with Crippen molar-refractivity contribution in [2.45, 2.75) is 32.4 Å². The van der Waals surface area contributed by atoms with Gasteiger partial charge in [-0.2, -0.15) is 5.10 Å². The van der Waals surface area contributed by atoms with E-state index in [9.17, 15) is 5.11 Å². The highest BCUT2D eigenvalue weighted by atomic mass is 16.3. The van der Waals surface area contributed by atoms with E-state index in [4.69, 9.17) is 0 Å². The average Bonchev–Trinajstić information content (AvgIpc) is 2.90. The first-order valence-electron chi connectivity index (χ1n) is 6.14. The first kappa shape index (κ1) is 10.6. The largest absolute Gasteiger partial charge is 0.506 e. The molecule has 0 bridgehead atoms. The Labute approximate surface area is 100 Å². The smallest absolute Gasteiger partial charge is 0.141 e. The third-order valence-corrected chi connectivity index (χ3v) is 3.49. The summed E-state index contributed by atoms with van der Waals surface area (Å²) in [4.78, 5) is 0. The number of hydrogen-bond acceptors (Lipinski definition) is 3. The van der Waals surface area contributed by atoms with Crippen LogP contribution in [0, 0.1) is 6.92 Å². The van der Waals surface area contributed by atoms with Gasteiger partial charge in [-0.25, -0.2) is 0 Å². The molecule has 1 aromatic carbocycles. The highest BCUT2D eigenvalue weighted by Crippen LogP contribution is 2.27. The third-order valence-electron chi connectivity index (χ3n) is 3.49. The molecule has 1 fully saturated rings. The Morgan fingerprint density at radius 3 is 3.18 bits per heavy atom. The van der Waals surface area contributed by atoms with Crippen molar-refractivity contribution in [1.29, 1.82) is 0 Å². The number of para-hydroxylation sites is 1. The number of phenolic OH excluding ortho intramolecular Hbond substituents is 1. The van der Waals surface area contributed by atoms with Gasteiger partial charge >= 0.3 is 0 Å². The van der Waals surface area contributed by atoms with Crippen LogP contribution >= 0.6 is 0 Å². The molecule has 3 rings (SSSR count). The lowest BCUT2D eigenvalue weighted by Crippen LogP contribution is -2.27. The Morgan fingerprint density at radius 2 is 2.41 bits per heavy atom. The zero-order valence-electron chi connectivity index (χ0n) is 9.98. The summed E-state index contributed by atoms with van der Waals surface area (Å²) in [6.45, 7) is 3.91. The molecule has 1 unspecified atom stereocenters. The van der Waals surface area contributed by atoms with Gasteiger partial charge in [0.05, 0.1) is 12.2 Å². The number of phenols is 1. The van der Waals surface area contributed by atoms with Crippen LogP contribution in [0.3, 0.4) is 0 Å². The van der Waals surface area contributed by atoms with Gasteiger partial charge in [0.25, 0.3) is 0 Å². The molecule has 0 radical (unpaired) electrons. The summed E-state index contributed by atoms with van der Waals surface area (Å²) in [6.07, 6.45) is 2.42. The Balaban J connectivity index is 2.03. The van der Waals surface area contributed by atoms with E-state index in [1.165, 1.54) is 12.8 Å². The maximum Gasteiger partial charge on any atom is 0.141 e. The van der Waals surface area contributed by atoms with Gasteiger partial charge in [0, 0.05) is 11.4 Å². The Hall–Kier alpha value is -1.55. The van der Waals surface area contributed by atoms with E-state index in [2.05, 4.69) is 10.4 Å². The molecule has 4 heteroatoms. The van der Waals surface area contributed by atoms with Gasteiger partial charge < -0.3 is 10.4 Å². The molecule has 1 saturated heterocycles. The second-order valence-corrected chi connectivity index (χ2v) is 4.73. The van der Waals surface area contributed by atoms with E-state index in [1.54, 1.807) is 6.07 Å². The number of fused-ring (bicyclic) bond motifs is 1. The van der Waals surface area contributed by atoms with Crippen molar-refractivity contribution in [2.75, 3.05) is 6.54 Å². The number of rotatable bonds is 2. The molecule has 0 aliphatic carbocycles. The molecule has 2 N–H and O–H groups in total. The van der Waals surface area contributed by atoms with Crippen molar-refractivity contribution in [3.8, 4) is 5.75 Å². The van der Waals surface area contributed by atoms with Crippen molar-refractivity contribution in [3.05, 3.63) is 23.9 Å². The maximum absolute atomic E-state index is 9.96. The molecular formula is C13H17N3O. The third kappa shape index (κ3) is 1.78. The summed E-state index contributed by atoms with van der Waals surface area (Å²) in [7, 11) is 0. The molecule has 1 aromatic heterocycles. The van der Waals surface area contributed by atoms with Crippen molar-refractivity contribution in [1.82, 2.24) is 15.1 Å². The predicted octanol–water partition coefficient (Wildman–Crippen LogP) is 1.80. The van der Waals surface area contributed by atoms with E-state index in [-0.39, 0.29) is 0 Å². The summed E-state index contributed by atoms with van der Waals surface area (Å²) in [6, 6.07) is 6.08. The molecule has 2 aromatic rings. The zero-order valence-corrected chi connectivity index (χ0v) is 9.98. The number of nitrogens with one attached hydrogen (secondary N) is 1. The first-order valence-corrected chi connectivity index (χ1v) is 6.14. The van der Waals surface area contributed by atoms with E-state index >= 15 is 0 Å². The SMILES string of the molecule is Cc1nn(CC2CCCN2)c2c(O)cccc12. The maximum atomic E-state index is 9.96. The molecule has 1 aliphatic heterocycles. The highest BCUT2D eigenvalue weighted by molar-refractivity contribution is 5.86. The van der Waals surface area contributed by atoms with Crippen molar-refractivity contribution in [2.24, 2.45) is 0 Å². The Kier molecular flexibility index (Phi) is 2.52. The average molecular weight is 231 g/mol. The fraction of sp³-hybridized carbons (Fsp3) is 0.462. The lowest BCUT2D eigenvalue weighted by molar-refractivity contribution is 0.459. The van der Waals surface area contributed by atoms with Gasteiger partial charge in [-0.3, -0.25) is 4.68 Å². The number of hydrogen-bond donors (Lipinski definition) is 2. The van der Waals surface area contributed by atoms with Gasteiger partial charge in [-0.15, -0.1) is 0 Å². The fourth-order valence-corrected chi connectivity index (χ4v) is 2.63. The second kappa shape index (κ2) is 4.04. The van der Waals surface area contributed by atoms with Gasteiger partial charge in [-0.05, 0) is 32.4 Å². The minimum absolute atomic E-state index is 0.320. The lowest BCUT2D eigenvalue weighted by atomic mass is 10.2. The minimum Gasteiger partial charge on any atom is -0.506 e. The van der Waals surface area contributed by atoms with Gasteiger partial charge in [-0.1, -0.05) is 12.1 Å².